The maximum absolute atomic E-state index is 12.4. The third kappa shape index (κ3) is 4.54. The maximum Gasteiger partial charge on any atom is 0.344 e. The van der Waals surface area contributed by atoms with Crippen molar-refractivity contribution in [1.82, 2.24) is 0 Å². The summed E-state index contributed by atoms with van der Waals surface area (Å²) in [6, 6.07) is 11.0. The number of aliphatic hydroxyl groups is 1. The molecule has 0 saturated carbocycles. The summed E-state index contributed by atoms with van der Waals surface area (Å²) < 4.78 is 21.1. The van der Waals surface area contributed by atoms with Crippen LogP contribution in [0.4, 0.5) is 5.69 Å². The van der Waals surface area contributed by atoms with Crippen LogP contribution in [0.15, 0.2) is 57.6 Å². The molecule has 1 aliphatic rings. The van der Waals surface area contributed by atoms with Gasteiger partial charge in [0.05, 0.1) is 39.0 Å². The molecule has 1 aliphatic heterocycles. The van der Waals surface area contributed by atoms with Gasteiger partial charge in [-0.3, -0.25) is 0 Å². The number of ether oxygens (including phenoxy) is 4. The predicted molar refractivity (Wildman–Crippen MR) is 122 cm³/mol. The number of aliphatic hydroxyl groups excluding tert-OH is 1. The van der Waals surface area contributed by atoms with E-state index in [9.17, 15) is 9.90 Å². The standard InChI is InChI=1S/C23H23NO6S/c1-13-7-6-8-15(11-13)24-22-18(23(26)30-5)19(25)17(31-22)12-14-9-10-16(27-2)21(29-4)20(14)28-3/h6-12,25H,1-5H3/b17-12+,24-22?. The lowest BCUT2D eigenvalue weighted by Gasteiger charge is -2.14. The molecule has 31 heavy (non-hydrogen) atoms. The number of hydrogen-bond acceptors (Lipinski definition) is 8. The Kier molecular flexibility index (Phi) is 6.91. The normalized spacial score (nSPS) is 16.0. The van der Waals surface area contributed by atoms with Gasteiger partial charge in [0.1, 0.15) is 16.4 Å². The van der Waals surface area contributed by atoms with E-state index in [-0.39, 0.29) is 11.3 Å². The summed E-state index contributed by atoms with van der Waals surface area (Å²) in [5, 5.41) is 11.2. The number of thioether (sulfide) groups is 1. The molecule has 0 aromatic heterocycles. The van der Waals surface area contributed by atoms with E-state index in [4.69, 9.17) is 18.9 Å². The summed E-state index contributed by atoms with van der Waals surface area (Å²) in [4.78, 5) is 17.4. The average molecular weight is 442 g/mol. The summed E-state index contributed by atoms with van der Waals surface area (Å²) in [7, 11) is 5.83. The minimum Gasteiger partial charge on any atom is -0.506 e. The third-order valence-corrected chi connectivity index (χ3v) is 5.55. The number of aliphatic imine (C=N–C) groups is 1. The molecule has 7 nitrogen and oxygen atoms in total. The van der Waals surface area contributed by atoms with Crippen LogP contribution in [0, 0.1) is 6.92 Å². The van der Waals surface area contributed by atoms with Gasteiger partial charge in [0.25, 0.3) is 0 Å². The number of carbonyl (C=O) groups is 1. The van der Waals surface area contributed by atoms with Gasteiger partial charge in [-0.25, -0.2) is 9.79 Å². The number of hydrogen-bond donors (Lipinski definition) is 1. The molecule has 0 atom stereocenters. The van der Waals surface area contributed by atoms with Crippen LogP contribution in [0.3, 0.4) is 0 Å². The van der Waals surface area contributed by atoms with Crippen molar-refractivity contribution in [2.75, 3.05) is 28.4 Å². The lowest BCUT2D eigenvalue weighted by Crippen LogP contribution is -2.10. The van der Waals surface area contributed by atoms with Crippen molar-refractivity contribution >= 4 is 34.5 Å². The minimum absolute atomic E-state index is 0.0136. The zero-order valence-corrected chi connectivity index (χ0v) is 18.7. The first kappa shape index (κ1) is 22.3. The molecule has 2 aromatic carbocycles. The summed E-state index contributed by atoms with van der Waals surface area (Å²) in [6.07, 6.45) is 1.70. The molecule has 0 spiro atoms. The molecule has 0 aliphatic carbocycles. The lowest BCUT2D eigenvalue weighted by atomic mass is 10.1. The average Bonchev–Trinajstić information content (AvgIpc) is 3.07. The third-order valence-electron chi connectivity index (χ3n) is 4.53. The molecule has 8 heteroatoms. The number of rotatable bonds is 6. The summed E-state index contributed by atoms with van der Waals surface area (Å²) in [5.74, 6) is 0.496. The first-order valence-electron chi connectivity index (χ1n) is 9.29. The fraction of sp³-hybridized carbons (Fsp3) is 0.217. The molecule has 1 N–H and O–H groups in total. The minimum atomic E-state index is -0.668. The van der Waals surface area contributed by atoms with Gasteiger partial charge in [-0.15, -0.1) is 0 Å². The molecular formula is C23H23NO6S. The highest BCUT2D eigenvalue weighted by molar-refractivity contribution is 8.18. The van der Waals surface area contributed by atoms with Crippen LogP contribution < -0.4 is 14.2 Å². The molecule has 2 aromatic rings. The highest BCUT2D eigenvalue weighted by atomic mass is 32.2. The van der Waals surface area contributed by atoms with Gasteiger partial charge in [-0.05, 0) is 42.8 Å². The van der Waals surface area contributed by atoms with Gasteiger partial charge in [0.15, 0.2) is 11.5 Å². The van der Waals surface area contributed by atoms with E-state index < -0.39 is 5.97 Å². The SMILES string of the molecule is COC(=O)C1=C(O)/C(=C\c2ccc(OC)c(OC)c2OC)SC1=Nc1cccc(C)c1. The van der Waals surface area contributed by atoms with Gasteiger partial charge >= 0.3 is 5.97 Å². The number of nitrogens with zero attached hydrogens (tertiary/aromatic N) is 1. The topological polar surface area (TPSA) is 86.6 Å². The molecule has 3 rings (SSSR count). The number of aryl methyl sites for hydroxylation is 1. The molecule has 1 heterocycles. The van der Waals surface area contributed by atoms with E-state index >= 15 is 0 Å². The first-order chi connectivity index (χ1) is 14.9. The highest BCUT2D eigenvalue weighted by Crippen LogP contribution is 2.44. The molecule has 0 saturated heterocycles. The lowest BCUT2D eigenvalue weighted by molar-refractivity contribution is -0.135. The maximum atomic E-state index is 12.4. The largest absolute Gasteiger partial charge is 0.506 e. The van der Waals surface area contributed by atoms with Gasteiger partial charge < -0.3 is 24.1 Å². The Morgan fingerprint density at radius 1 is 1.03 bits per heavy atom. The van der Waals surface area contributed by atoms with E-state index in [1.165, 1.54) is 40.2 Å². The molecule has 0 unspecified atom stereocenters. The highest BCUT2D eigenvalue weighted by Gasteiger charge is 2.33. The molecular weight excluding hydrogens is 418 g/mol. The van der Waals surface area contributed by atoms with Crippen molar-refractivity contribution in [3.05, 3.63) is 63.8 Å². The van der Waals surface area contributed by atoms with Crippen molar-refractivity contribution in [1.29, 1.82) is 0 Å². The second kappa shape index (κ2) is 9.61. The number of esters is 1. The van der Waals surface area contributed by atoms with Crippen LogP contribution in [-0.4, -0.2) is 44.6 Å². The predicted octanol–water partition coefficient (Wildman–Crippen LogP) is 4.82. The Balaban J connectivity index is 2.12. The van der Waals surface area contributed by atoms with Crippen LogP contribution in [-0.2, 0) is 9.53 Å². The van der Waals surface area contributed by atoms with Crippen LogP contribution in [0.2, 0.25) is 0 Å². The fourth-order valence-corrected chi connectivity index (χ4v) is 4.11. The first-order valence-corrected chi connectivity index (χ1v) is 10.1. The molecule has 162 valence electrons. The second-order valence-electron chi connectivity index (χ2n) is 6.51. The molecule has 0 radical (unpaired) electrons. The van der Waals surface area contributed by atoms with Gasteiger partial charge in [0, 0.05) is 5.56 Å². The Labute approximate surface area is 185 Å². The summed E-state index contributed by atoms with van der Waals surface area (Å²) in [6.45, 7) is 1.95. The Morgan fingerprint density at radius 3 is 2.39 bits per heavy atom. The van der Waals surface area contributed by atoms with E-state index in [1.54, 1.807) is 18.2 Å². The Hall–Kier alpha value is -3.39. The fourth-order valence-electron chi connectivity index (χ4n) is 3.08. The zero-order valence-electron chi connectivity index (χ0n) is 17.9. The van der Waals surface area contributed by atoms with Crippen molar-refractivity contribution in [3.63, 3.8) is 0 Å². The Bertz CT molecular complexity index is 1100. The van der Waals surface area contributed by atoms with Crippen molar-refractivity contribution < 1.29 is 28.8 Å². The van der Waals surface area contributed by atoms with E-state index in [0.717, 1.165) is 5.56 Å². The number of carbonyl (C=O) groups excluding carboxylic acids is 1. The molecule has 0 bridgehead atoms. The van der Waals surface area contributed by atoms with Crippen molar-refractivity contribution in [2.45, 2.75) is 6.92 Å². The zero-order chi connectivity index (χ0) is 22.5. The van der Waals surface area contributed by atoms with Crippen LogP contribution in [0.5, 0.6) is 17.2 Å². The van der Waals surface area contributed by atoms with Crippen LogP contribution in [0.1, 0.15) is 11.1 Å². The van der Waals surface area contributed by atoms with Crippen LogP contribution in [0.25, 0.3) is 6.08 Å². The molecule has 0 amide bonds. The van der Waals surface area contributed by atoms with Crippen molar-refractivity contribution in [2.24, 2.45) is 4.99 Å². The smallest absolute Gasteiger partial charge is 0.344 e. The quantitative estimate of drug-likeness (QED) is 0.643. The van der Waals surface area contributed by atoms with E-state index in [0.29, 0.717) is 38.4 Å². The summed E-state index contributed by atoms with van der Waals surface area (Å²) >= 11 is 1.17. The van der Waals surface area contributed by atoms with Crippen LogP contribution >= 0.6 is 11.8 Å². The number of benzene rings is 2. The van der Waals surface area contributed by atoms with Gasteiger partial charge in [-0.2, -0.15) is 0 Å². The summed E-state index contributed by atoms with van der Waals surface area (Å²) in [5.41, 5.74) is 2.35. The molecule has 0 fully saturated rings. The monoisotopic (exact) mass is 441 g/mol. The van der Waals surface area contributed by atoms with Crippen molar-refractivity contribution in [3.8, 4) is 17.2 Å². The van der Waals surface area contributed by atoms with Gasteiger partial charge in [-0.1, -0.05) is 23.9 Å². The Morgan fingerprint density at radius 2 is 1.77 bits per heavy atom. The van der Waals surface area contributed by atoms with Gasteiger partial charge in [0.2, 0.25) is 5.75 Å². The van der Waals surface area contributed by atoms with E-state index in [1.807, 2.05) is 31.2 Å². The van der Waals surface area contributed by atoms with E-state index in [2.05, 4.69) is 4.99 Å². The second-order valence-corrected chi connectivity index (χ2v) is 7.54. The number of methoxy groups -OCH3 is 4.